The molecule has 1 heterocycles. The Balaban J connectivity index is 1.29. The van der Waals surface area contributed by atoms with Gasteiger partial charge in [0.25, 0.3) is 0 Å². The molecule has 1 aromatic heterocycles. The quantitative estimate of drug-likeness (QED) is 0.198. The Kier molecular flexibility index (Phi) is 6.76. The second kappa shape index (κ2) is 11.4. The smallest absolute Gasteiger partial charge is 0.160 e. The molecular formula is C45H33N3. The number of nitrogens with zero attached hydrogens (tertiary/aromatic N) is 3. The monoisotopic (exact) mass is 615 g/mol. The van der Waals surface area contributed by atoms with Crippen molar-refractivity contribution in [3.63, 3.8) is 0 Å². The summed E-state index contributed by atoms with van der Waals surface area (Å²) >= 11 is 0. The molecular weight excluding hydrogens is 583 g/mol. The average Bonchev–Trinajstić information content (AvgIpc) is 3.43. The van der Waals surface area contributed by atoms with Gasteiger partial charge in [0.05, 0.1) is 23.0 Å². The lowest BCUT2D eigenvalue weighted by atomic mass is 9.67. The number of benzene rings is 6. The van der Waals surface area contributed by atoms with Crippen molar-refractivity contribution in [2.24, 2.45) is 0 Å². The van der Waals surface area contributed by atoms with Gasteiger partial charge in [0, 0.05) is 22.1 Å². The van der Waals surface area contributed by atoms with Crippen molar-refractivity contribution < 1.29 is 0 Å². The standard InChI is InChI=1S/C45H33N3/c46-29-30-23-24-38-40(27-30)45(25-9-2-10-26-45)39-22-12-21-37(43(38)39)34-18-7-8-19-36(34)42-28-41(47-44(48-42)32-14-3-1-4-15-32)35-20-11-16-31-13-5-6-17-33(31)35/h1,3-8,11-24,27-28H,2,9-10,25-26H2. The SMILES string of the molecule is N#Cc1ccc2c(c1)C1(CCCCC1)c1cccc(-c3ccccc3-c3cc(-c4cccc5ccccc45)nc(-c4ccccc4)n3)c1-2. The Morgan fingerprint density at radius 3 is 2.02 bits per heavy atom. The van der Waals surface area contributed by atoms with Crippen molar-refractivity contribution >= 4 is 10.8 Å². The van der Waals surface area contributed by atoms with Crippen LogP contribution in [0.3, 0.4) is 0 Å². The maximum Gasteiger partial charge on any atom is 0.160 e. The van der Waals surface area contributed by atoms with Gasteiger partial charge in [-0.3, -0.25) is 0 Å². The Morgan fingerprint density at radius 2 is 1.19 bits per heavy atom. The van der Waals surface area contributed by atoms with Crippen LogP contribution < -0.4 is 0 Å². The molecule has 48 heavy (non-hydrogen) atoms. The summed E-state index contributed by atoms with van der Waals surface area (Å²) in [5.41, 5.74) is 13.3. The third-order valence-electron chi connectivity index (χ3n) is 10.5. The minimum atomic E-state index is -0.0440. The van der Waals surface area contributed by atoms with E-state index in [0.29, 0.717) is 5.82 Å². The minimum Gasteiger partial charge on any atom is -0.228 e. The molecule has 0 radical (unpaired) electrons. The molecule has 0 unspecified atom stereocenters. The molecule has 1 fully saturated rings. The number of hydrogen-bond acceptors (Lipinski definition) is 3. The first-order valence-corrected chi connectivity index (χ1v) is 16.9. The predicted octanol–water partition coefficient (Wildman–Crippen LogP) is 11.4. The van der Waals surface area contributed by atoms with Crippen LogP contribution in [0.4, 0.5) is 0 Å². The highest BCUT2D eigenvalue weighted by molar-refractivity contribution is 5.99. The molecule has 6 aromatic carbocycles. The van der Waals surface area contributed by atoms with Crippen molar-refractivity contribution in [2.75, 3.05) is 0 Å². The van der Waals surface area contributed by atoms with E-state index in [1.807, 2.05) is 24.3 Å². The Morgan fingerprint density at radius 1 is 0.521 bits per heavy atom. The highest BCUT2D eigenvalue weighted by Crippen LogP contribution is 2.58. The summed E-state index contributed by atoms with van der Waals surface area (Å²) in [4.78, 5) is 10.4. The normalized spacial score (nSPS) is 14.4. The molecule has 9 rings (SSSR count). The molecule has 0 bridgehead atoms. The zero-order chi connectivity index (χ0) is 32.1. The van der Waals surface area contributed by atoms with E-state index in [2.05, 4.69) is 121 Å². The molecule has 0 atom stereocenters. The molecule has 0 saturated heterocycles. The fourth-order valence-corrected chi connectivity index (χ4v) is 8.36. The van der Waals surface area contributed by atoms with E-state index in [9.17, 15) is 5.26 Å². The van der Waals surface area contributed by atoms with Gasteiger partial charge in [-0.1, -0.05) is 141 Å². The maximum atomic E-state index is 9.87. The van der Waals surface area contributed by atoms with E-state index >= 15 is 0 Å². The minimum absolute atomic E-state index is 0.0440. The molecule has 3 nitrogen and oxygen atoms in total. The fourth-order valence-electron chi connectivity index (χ4n) is 8.36. The zero-order valence-electron chi connectivity index (χ0n) is 26.7. The van der Waals surface area contributed by atoms with Crippen LogP contribution >= 0.6 is 0 Å². The van der Waals surface area contributed by atoms with Crippen LogP contribution in [0.25, 0.3) is 66.9 Å². The molecule has 3 heteroatoms. The van der Waals surface area contributed by atoms with Crippen LogP contribution in [0.15, 0.2) is 140 Å². The number of nitriles is 1. The van der Waals surface area contributed by atoms with Crippen LogP contribution in [0.1, 0.15) is 48.8 Å². The van der Waals surface area contributed by atoms with Crippen LogP contribution in [-0.2, 0) is 5.41 Å². The predicted molar refractivity (Wildman–Crippen MR) is 195 cm³/mol. The summed E-state index contributed by atoms with van der Waals surface area (Å²) in [6.45, 7) is 0. The van der Waals surface area contributed by atoms with Gasteiger partial charge in [0.2, 0.25) is 0 Å². The molecule has 2 aliphatic carbocycles. The van der Waals surface area contributed by atoms with Crippen molar-refractivity contribution in [3.8, 4) is 62.2 Å². The van der Waals surface area contributed by atoms with E-state index in [1.165, 1.54) is 57.9 Å². The number of rotatable bonds is 4. The van der Waals surface area contributed by atoms with Gasteiger partial charge < -0.3 is 0 Å². The summed E-state index contributed by atoms with van der Waals surface area (Å²) in [5.74, 6) is 0.708. The van der Waals surface area contributed by atoms with Crippen LogP contribution in [0.5, 0.6) is 0 Å². The topological polar surface area (TPSA) is 49.6 Å². The average molecular weight is 616 g/mol. The summed E-state index contributed by atoms with van der Waals surface area (Å²) < 4.78 is 0. The van der Waals surface area contributed by atoms with Crippen LogP contribution in [0, 0.1) is 11.3 Å². The van der Waals surface area contributed by atoms with Gasteiger partial charge in [-0.25, -0.2) is 9.97 Å². The van der Waals surface area contributed by atoms with E-state index in [-0.39, 0.29) is 5.41 Å². The first kappa shape index (κ1) is 28.4. The summed E-state index contributed by atoms with van der Waals surface area (Å²) in [6.07, 6.45) is 5.91. The first-order valence-electron chi connectivity index (χ1n) is 16.9. The van der Waals surface area contributed by atoms with Gasteiger partial charge in [0.15, 0.2) is 5.82 Å². The lowest BCUT2D eigenvalue weighted by molar-refractivity contribution is 0.353. The van der Waals surface area contributed by atoms with E-state index in [0.717, 1.165) is 52.0 Å². The third-order valence-corrected chi connectivity index (χ3v) is 10.5. The highest BCUT2D eigenvalue weighted by Gasteiger charge is 2.44. The highest BCUT2D eigenvalue weighted by atomic mass is 14.9. The van der Waals surface area contributed by atoms with Crippen molar-refractivity contribution in [1.29, 1.82) is 5.26 Å². The summed E-state index contributed by atoms with van der Waals surface area (Å²) in [7, 11) is 0. The summed E-state index contributed by atoms with van der Waals surface area (Å²) in [5, 5.41) is 12.2. The van der Waals surface area contributed by atoms with Gasteiger partial charge in [0.1, 0.15) is 0 Å². The molecule has 1 spiro atoms. The van der Waals surface area contributed by atoms with Crippen molar-refractivity contribution in [1.82, 2.24) is 9.97 Å². The zero-order valence-corrected chi connectivity index (χ0v) is 26.7. The van der Waals surface area contributed by atoms with Gasteiger partial charge >= 0.3 is 0 Å². The lowest BCUT2D eigenvalue weighted by Gasteiger charge is -2.36. The van der Waals surface area contributed by atoms with Crippen molar-refractivity contribution in [3.05, 3.63) is 156 Å². The number of hydrogen-bond donors (Lipinski definition) is 0. The molecule has 0 N–H and O–H groups in total. The van der Waals surface area contributed by atoms with Gasteiger partial charge in [-0.2, -0.15) is 5.26 Å². The fraction of sp³-hybridized carbons (Fsp3) is 0.133. The summed E-state index contributed by atoms with van der Waals surface area (Å²) in [6, 6.07) is 51.7. The molecule has 1 saturated carbocycles. The molecule has 2 aliphatic rings. The maximum absolute atomic E-state index is 9.87. The number of fused-ring (bicyclic) bond motifs is 6. The van der Waals surface area contributed by atoms with Gasteiger partial charge in [-0.05, 0) is 75.2 Å². The first-order chi connectivity index (χ1) is 23.7. The van der Waals surface area contributed by atoms with Gasteiger partial charge in [-0.15, -0.1) is 0 Å². The molecule has 7 aromatic rings. The third kappa shape index (κ3) is 4.48. The molecule has 0 aliphatic heterocycles. The molecule has 228 valence electrons. The largest absolute Gasteiger partial charge is 0.228 e. The van der Waals surface area contributed by atoms with E-state index in [1.54, 1.807) is 0 Å². The van der Waals surface area contributed by atoms with Crippen LogP contribution in [0.2, 0.25) is 0 Å². The Hall–Kier alpha value is -5.85. The Labute approximate surface area is 281 Å². The second-order valence-corrected chi connectivity index (χ2v) is 13.1. The van der Waals surface area contributed by atoms with Crippen molar-refractivity contribution in [2.45, 2.75) is 37.5 Å². The second-order valence-electron chi connectivity index (χ2n) is 13.1. The van der Waals surface area contributed by atoms with Crippen LogP contribution in [-0.4, -0.2) is 9.97 Å². The lowest BCUT2D eigenvalue weighted by Crippen LogP contribution is -2.28. The number of aromatic nitrogens is 2. The molecule has 0 amide bonds. The van der Waals surface area contributed by atoms with E-state index in [4.69, 9.17) is 9.97 Å². The van der Waals surface area contributed by atoms with E-state index < -0.39 is 0 Å². The Bertz CT molecular complexity index is 2390.